The summed E-state index contributed by atoms with van der Waals surface area (Å²) in [4.78, 5) is 15.8. The third kappa shape index (κ3) is 4.59. The number of ether oxygens (including phenoxy) is 1. The van der Waals surface area contributed by atoms with Gasteiger partial charge in [-0.25, -0.2) is 4.98 Å². The minimum atomic E-state index is -4.49. The second kappa shape index (κ2) is 6.95. The number of pyridine rings is 1. The van der Waals surface area contributed by atoms with E-state index in [1.807, 2.05) is 0 Å². The van der Waals surface area contributed by atoms with Crippen molar-refractivity contribution in [1.29, 1.82) is 0 Å². The average molecular weight is 318 g/mol. The summed E-state index contributed by atoms with van der Waals surface area (Å²) < 4.78 is 41.2. The second-order valence-corrected chi connectivity index (χ2v) is 5.22. The van der Waals surface area contributed by atoms with Gasteiger partial charge >= 0.3 is 6.18 Å². The van der Waals surface area contributed by atoms with Gasteiger partial charge in [0.1, 0.15) is 0 Å². The monoisotopic (exact) mass is 318 g/mol. The highest BCUT2D eigenvalue weighted by molar-refractivity contribution is 5.94. The number of halogens is 3. The molecule has 2 atom stereocenters. The summed E-state index contributed by atoms with van der Waals surface area (Å²) in [5.74, 6) is -0.867. The Hall–Kier alpha value is -1.83. The van der Waals surface area contributed by atoms with Gasteiger partial charge in [0.05, 0.1) is 6.10 Å². The third-order valence-electron chi connectivity index (χ3n) is 3.52. The molecule has 0 bridgehead atoms. The number of amides is 1. The van der Waals surface area contributed by atoms with Crippen LogP contribution in [0.4, 0.5) is 13.2 Å². The SMILES string of the molecule is O=C(NCC1CCCC1O)c1ncccc1OCC(F)(F)F. The smallest absolute Gasteiger partial charge is 0.422 e. The molecule has 0 aromatic carbocycles. The van der Waals surface area contributed by atoms with E-state index in [1.54, 1.807) is 0 Å². The van der Waals surface area contributed by atoms with Gasteiger partial charge in [-0.2, -0.15) is 13.2 Å². The van der Waals surface area contributed by atoms with E-state index in [0.717, 1.165) is 12.8 Å². The van der Waals surface area contributed by atoms with Gasteiger partial charge in [0.25, 0.3) is 5.91 Å². The number of alkyl halides is 3. The highest BCUT2D eigenvalue weighted by Crippen LogP contribution is 2.25. The first-order valence-corrected chi connectivity index (χ1v) is 6.97. The van der Waals surface area contributed by atoms with Crippen LogP contribution in [-0.2, 0) is 0 Å². The Morgan fingerprint density at radius 3 is 2.86 bits per heavy atom. The molecule has 2 unspecified atom stereocenters. The molecule has 1 amide bonds. The molecule has 1 saturated carbocycles. The third-order valence-corrected chi connectivity index (χ3v) is 3.52. The van der Waals surface area contributed by atoms with E-state index in [0.29, 0.717) is 6.42 Å². The fraction of sp³-hybridized carbons (Fsp3) is 0.571. The van der Waals surface area contributed by atoms with Crippen LogP contribution >= 0.6 is 0 Å². The Balaban J connectivity index is 1.96. The molecular weight excluding hydrogens is 301 g/mol. The van der Waals surface area contributed by atoms with Crippen molar-refractivity contribution in [3.8, 4) is 5.75 Å². The van der Waals surface area contributed by atoms with Gasteiger partial charge in [-0.05, 0) is 25.0 Å². The summed E-state index contributed by atoms with van der Waals surface area (Å²) in [5.41, 5.74) is -0.195. The van der Waals surface area contributed by atoms with Crippen molar-refractivity contribution in [3.05, 3.63) is 24.0 Å². The van der Waals surface area contributed by atoms with E-state index in [1.165, 1.54) is 18.3 Å². The Morgan fingerprint density at radius 1 is 1.45 bits per heavy atom. The molecule has 1 aromatic heterocycles. The number of hydrogen-bond donors (Lipinski definition) is 2. The maximum Gasteiger partial charge on any atom is 0.422 e. The fourth-order valence-corrected chi connectivity index (χ4v) is 2.40. The van der Waals surface area contributed by atoms with Gasteiger partial charge in [0, 0.05) is 18.7 Å². The van der Waals surface area contributed by atoms with Gasteiger partial charge in [0.15, 0.2) is 18.1 Å². The normalized spacial score (nSPS) is 21.6. The van der Waals surface area contributed by atoms with E-state index < -0.39 is 24.8 Å². The molecule has 0 aliphatic heterocycles. The van der Waals surface area contributed by atoms with Crippen LogP contribution in [0, 0.1) is 5.92 Å². The van der Waals surface area contributed by atoms with Crippen LogP contribution in [0.25, 0.3) is 0 Å². The van der Waals surface area contributed by atoms with E-state index in [-0.39, 0.29) is 23.9 Å². The Morgan fingerprint density at radius 2 is 2.23 bits per heavy atom. The number of nitrogens with zero attached hydrogens (tertiary/aromatic N) is 1. The van der Waals surface area contributed by atoms with E-state index in [4.69, 9.17) is 0 Å². The van der Waals surface area contributed by atoms with Crippen LogP contribution in [0.1, 0.15) is 29.8 Å². The quantitative estimate of drug-likeness (QED) is 0.870. The predicted octanol–water partition coefficient (Wildman–Crippen LogP) is 1.91. The lowest BCUT2D eigenvalue weighted by Crippen LogP contribution is -2.33. The van der Waals surface area contributed by atoms with E-state index >= 15 is 0 Å². The molecule has 1 heterocycles. The van der Waals surface area contributed by atoms with Crippen molar-refractivity contribution < 1.29 is 27.8 Å². The molecule has 2 N–H and O–H groups in total. The topological polar surface area (TPSA) is 71.5 Å². The fourth-order valence-electron chi connectivity index (χ4n) is 2.40. The molecular formula is C14H17F3N2O3. The van der Waals surface area contributed by atoms with Crippen LogP contribution < -0.4 is 10.1 Å². The molecule has 0 radical (unpaired) electrons. The van der Waals surface area contributed by atoms with Crippen LogP contribution in [0.3, 0.4) is 0 Å². The van der Waals surface area contributed by atoms with Crippen molar-refractivity contribution in [3.63, 3.8) is 0 Å². The zero-order valence-electron chi connectivity index (χ0n) is 11.8. The molecule has 1 fully saturated rings. The molecule has 8 heteroatoms. The van der Waals surface area contributed by atoms with Gasteiger partial charge in [0.2, 0.25) is 0 Å². The zero-order chi connectivity index (χ0) is 16.2. The average Bonchev–Trinajstić information content (AvgIpc) is 2.87. The summed E-state index contributed by atoms with van der Waals surface area (Å²) in [5, 5.41) is 12.3. The minimum absolute atomic E-state index is 0.0350. The lowest BCUT2D eigenvalue weighted by atomic mass is 10.1. The molecule has 22 heavy (non-hydrogen) atoms. The molecule has 1 aliphatic carbocycles. The molecule has 5 nitrogen and oxygen atoms in total. The van der Waals surface area contributed by atoms with Crippen LogP contribution in [0.5, 0.6) is 5.75 Å². The first-order valence-electron chi connectivity index (χ1n) is 6.97. The number of carbonyl (C=O) groups is 1. The maximum absolute atomic E-state index is 12.2. The Labute approximate surface area is 125 Å². The van der Waals surface area contributed by atoms with Crippen molar-refractivity contribution in [2.75, 3.05) is 13.2 Å². The summed E-state index contributed by atoms with van der Waals surface area (Å²) in [7, 11) is 0. The lowest BCUT2D eigenvalue weighted by Gasteiger charge is -2.16. The maximum atomic E-state index is 12.2. The molecule has 2 rings (SSSR count). The Bertz CT molecular complexity index is 522. The first-order chi connectivity index (χ1) is 10.4. The number of aliphatic hydroxyl groups excluding tert-OH is 1. The van der Waals surface area contributed by atoms with Crippen molar-refractivity contribution >= 4 is 5.91 Å². The summed E-state index contributed by atoms with van der Waals surface area (Å²) in [6.07, 6.45) is -1.24. The van der Waals surface area contributed by atoms with E-state index in [9.17, 15) is 23.1 Å². The van der Waals surface area contributed by atoms with Crippen LogP contribution in [-0.4, -0.2) is 41.4 Å². The second-order valence-electron chi connectivity index (χ2n) is 5.22. The van der Waals surface area contributed by atoms with Crippen LogP contribution in [0.15, 0.2) is 18.3 Å². The molecule has 0 saturated heterocycles. The zero-order valence-corrected chi connectivity index (χ0v) is 11.8. The summed E-state index contributed by atoms with van der Waals surface area (Å²) in [6, 6.07) is 2.65. The lowest BCUT2D eigenvalue weighted by molar-refractivity contribution is -0.153. The van der Waals surface area contributed by atoms with Gasteiger partial charge in [-0.1, -0.05) is 6.42 Å². The molecule has 1 aliphatic rings. The summed E-state index contributed by atoms with van der Waals surface area (Å²) >= 11 is 0. The molecule has 122 valence electrons. The standard InChI is InChI=1S/C14H17F3N2O3/c15-14(16,17)8-22-11-5-2-6-18-12(11)13(21)19-7-9-3-1-4-10(9)20/h2,5-6,9-10,20H,1,3-4,7-8H2,(H,19,21). The molecule has 0 spiro atoms. The Kier molecular flexibility index (Phi) is 5.23. The van der Waals surface area contributed by atoms with Crippen molar-refractivity contribution in [1.82, 2.24) is 10.3 Å². The number of aromatic nitrogens is 1. The van der Waals surface area contributed by atoms with Crippen LogP contribution in [0.2, 0.25) is 0 Å². The largest absolute Gasteiger partial charge is 0.482 e. The van der Waals surface area contributed by atoms with Crippen molar-refractivity contribution in [2.24, 2.45) is 5.92 Å². The highest BCUT2D eigenvalue weighted by Gasteiger charge is 2.30. The van der Waals surface area contributed by atoms with Gasteiger partial charge in [-0.3, -0.25) is 4.79 Å². The number of carbonyl (C=O) groups excluding carboxylic acids is 1. The summed E-state index contributed by atoms with van der Waals surface area (Å²) in [6.45, 7) is -1.23. The number of hydrogen-bond acceptors (Lipinski definition) is 4. The van der Waals surface area contributed by atoms with E-state index in [2.05, 4.69) is 15.0 Å². The predicted molar refractivity (Wildman–Crippen MR) is 71.5 cm³/mol. The van der Waals surface area contributed by atoms with Crippen molar-refractivity contribution in [2.45, 2.75) is 31.5 Å². The number of nitrogens with one attached hydrogen (secondary N) is 1. The number of aliphatic hydroxyl groups is 1. The van der Waals surface area contributed by atoms with Gasteiger partial charge in [-0.15, -0.1) is 0 Å². The highest BCUT2D eigenvalue weighted by atomic mass is 19.4. The minimum Gasteiger partial charge on any atom is -0.482 e. The first kappa shape index (κ1) is 16.5. The number of rotatable bonds is 5. The van der Waals surface area contributed by atoms with Gasteiger partial charge < -0.3 is 15.2 Å². The molecule has 1 aromatic rings.